The SMILES string of the molecule is CN1C(=O)[C@H](CCC(=O)OCc2ccccc2)NC(=O)[C@H]2CC[C@@H](C2)N(C)C(=O)[C@H](Cc2ccccc2)NC(=O)[C@@H]2CC[C@@H](C2)N(C)C(=O)[C@@H](CCC(=O)OCc2ccccc2)NC(=O)[C@H]2CC[C@@H](C2)N(C)C(=O)[C@H](Cc2ccccc2)NC(=O)[C@@H]2CC[C@H]1C2. The average Bonchev–Trinajstić information content (AvgIpc) is 2.10. The number of amides is 8. The van der Waals surface area contributed by atoms with Crippen LogP contribution in [0.2, 0.25) is 0 Å². The minimum absolute atomic E-state index is 0.0379. The second kappa shape index (κ2) is 31.4. The molecular weight excluding hydrogens is 1140 g/mol. The normalized spacial score (nSPS) is 27.7. The number of benzene rings is 4. The molecule has 4 saturated carbocycles. The highest BCUT2D eigenvalue weighted by Gasteiger charge is 2.44. The van der Waals surface area contributed by atoms with Crippen LogP contribution in [0.5, 0.6) is 0 Å². The maximum Gasteiger partial charge on any atom is 0.306 e. The molecule has 0 aromatic heterocycles. The van der Waals surface area contributed by atoms with E-state index < -0.39 is 108 Å². The van der Waals surface area contributed by atoms with Gasteiger partial charge in [-0.15, -0.1) is 0 Å². The van der Waals surface area contributed by atoms with Crippen molar-refractivity contribution in [1.29, 1.82) is 0 Å². The van der Waals surface area contributed by atoms with Gasteiger partial charge in [-0.3, -0.25) is 47.9 Å². The van der Waals surface area contributed by atoms with Crippen molar-refractivity contribution < 1.29 is 57.4 Å². The Hall–Kier alpha value is -8.42. The number of likely N-dealkylation sites (N-methyl/N-ethyl adjacent to an activating group) is 4. The molecule has 480 valence electrons. The number of ether oxygens (including phenoxy) is 2. The fourth-order valence-corrected chi connectivity index (χ4v) is 13.8. The average molecular weight is 1230 g/mol. The van der Waals surface area contributed by atoms with E-state index in [1.165, 1.54) is 0 Å². The van der Waals surface area contributed by atoms with Gasteiger partial charge in [-0.2, -0.15) is 0 Å². The maximum absolute atomic E-state index is 14.8. The monoisotopic (exact) mass is 1230 g/mol. The zero-order valence-electron chi connectivity index (χ0n) is 52.3. The summed E-state index contributed by atoms with van der Waals surface area (Å²) < 4.78 is 11.2. The number of nitrogens with zero attached hydrogens (tertiary/aromatic N) is 4. The summed E-state index contributed by atoms with van der Waals surface area (Å²) in [7, 11) is 6.63. The summed E-state index contributed by atoms with van der Waals surface area (Å²) in [5.74, 6) is -6.41. The van der Waals surface area contributed by atoms with E-state index in [2.05, 4.69) is 21.3 Å². The molecule has 0 radical (unpaired) electrons. The molecule has 8 amide bonds. The Bertz CT molecular complexity index is 2950. The third-order valence-electron chi connectivity index (χ3n) is 19.5. The number of hydrogen-bond donors (Lipinski definition) is 4. The smallest absolute Gasteiger partial charge is 0.306 e. The van der Waals surface area contributed by atoms with E-state index in [-0.39, 0.29) is 101 Å². The van der Waals surface area contributed by atoms with Crippen molar-refractivity contribution in [2.24, 2.45) is 23.7 Å². The molecule has 5 fully saturated rings. The largest absolute Gasteiger partial charge is 0.461 e. The van der Waals surface area contributed by atoms with Gasteiger partial charge in [0.25, 0.3) is 0 Å². The number of fused-ring (bicyclic) bond motifs is 8. The topological polar surface area (TPSA) is 250 Å². The zero-order valence-corrected chi connectivity index (χ0v) is 52.3. The molecule has 9 rings (SSSR count). The lowest BCUT2D eigenvalue weighted by molar-refractivity contribution is -0.147. The molecule has 4 aromatic carbocycles. The number of rotatable bonds is 14. The highest BCUT2D eigenvalue weighted by Crippen LogP contribution is 2.35. The Labute approximate surface area is 527 Å². The first-order valence-electron chi connectivity index (χ1n) is 32.1. The van der Waals surface area contributed by atoms with Gasteiger partial charge in [-0.1, -0.05) is 121 Å². The molecule has 4 N–H and O–H groups in total. The molecule has 4 aromatic rings. The number of esters is 2. The summed E-state index contributed by atoms with van der Waals surface area (Å²) in [6.07, 6.45) is 4.56. The Morgan fingerprint density at radius 1 is 0.356 bits per heavy atom. The van der Waals surface area contributed by atoms with E-state index in [0.29, 0.717) is 51.4 Å². The van der Waals surface area contributed by atoms with Crippen LogP contribution in [-0.4, -0.2) is 155 Å². The lowest BCUT2D eigenvalue weighted by Crippen LogP contribution is -2.53. The Morgan fingerprint density at radius 2 is 0.600 bits per heavy atom. The van der Waals surface area contributed by atoms with E-state index in [9.17, 15) is 47.9 Å². The van der Waals surface area contributed by atoms with Crippen molar-refractivity contribution in [3.8, 4) is 0 Å². The Balaban J connectivity index is 0.962. The summed E-state index contributed by atoms with van der Waals surface area (Å²) in [5.41, 5.74) is 3.24. The highest BCUT2D eigenvalue weighted by atomic mass is 16.5. The first kappa shape index (κ1) is 66.0. The molecule has 1 aliphatic heterocycles. The second-order valence-electron chi connectivity index (χ2n) is 25.4. The minimum Gasteiger partial charge on any atom is -0.461 e. The van der Waals surface area contributed by atoms with Crippen molar-refractivity contribution in [1.82, 2.24) is 40.9 Å². The van der Waals surface area contributed by atoms with Crippen molar-refractivity contribution >= 4 is 59.2 Å². The summed E-state index contributed by atoms with van der Waals surface area (Å²) in [6.45, 7) is 0.0757. The lowest BCUT2D eigenvalue weighted by atomic mass is 10.0. The Kier molecular flexibility index (Phi) is 23.0. The predicted molar refractivity (Wildman–Crippen MR) is 335 cm³/mol. The van der Waals surface area contributed by atoms with Crippen LogP contribution < -0.4 is 21.3 Å². The highest BCUT2D eigenvalue weighted by molar-refractivity contribution is 5.93. The first-order valence-corrected chi connectivity index (χ1v) is 32.1. The maximum atomic E-state index is 14.8. The molecular formula is C70H88N8O12. The minimum atomic E-state index is -1.13. The van der Waals surface area contributed by atoms with Gasteiger partial charge in [0.1, 0.15) is 37.4 Å². The quantitative estimate of drug-likeness (QED) is 0.107. The van der Waals surface area contributed by atoms with Crippen molar-refractivity contribution in [2.45, 2.75) is 177 Å². The standard InChI is InChI=1S/C70H88N8O12/c1-75-53-29-27-51(41-53)65(83)73-59(37-45-17-9-5-10-18-45)69(87)78(4)56-32-26-50(40-56)64(82)72-58(34-36-62(80)90-44-48-23-15-8-16-24-48)68(86)76(2)54-30-28-52(42-54)66(84)74-60(38-46-19-11-6-12-20-46)70(88)77(3)55-31-25-49(39-55)63(81)71-57(67(75)85)33-35-61(79)89-43-47-21-13-7-14-22-47/h5-24,49-60H,25-44H2,1-4H3,(H,71,81)(H,72,82)(H,73,83)(H,74,84)/t49-,50-,51+,52+,53-,54-,55-,56-,57-,58+,59-,60-/m0/s1. The lowest BCUT2D eigenvalue weighted by Gasteiger charge is -2.31. The van der Waals surface area contributed by atoms with E-state index in [1.54, 1.807) is 47.8 Å². The van der Waals surface area contributed by atoms with Crippen LogP contribution in [0.1, 0.15) is 125 Å². The molecule has 1 heterocycles. The predicted octanol–water partition coefficient (Wildman–Crippen LogP) is 5.98. The van der Waals surface area contributed by atoms with Gasteiger partial charge in [0.2, 0.25) is 47.3 Å². The molecule has 4 aliphatic carbocycles. The zero-order chi connectivity index (χ0) is 63.8. The van der Waals surface area contributed by atoms with Crippen molar-refractivity contribution in [2.75, 3.05) is 28.2 Å². The fourth-order valence-electron chi connectivity index (χ4n) is 13.8. The van der Waals surface area contributed by atoms with Gasteiger partial charge in [0.15, 0.2) is 0 Å². The van der Waals surface area contributed by atoms with Crippen molar-refractivity contribution in [3.63, 3.8) is 0 Å². The first-order chi connectivity index (χ1) is 43.4. The van der Waals surface area contributed by atoms with Crippen LogP contribution in [0.4, 0.5) is 0 Å². The Morgan fingerprint density at radius 3 is 0.878 bits per heavy atom. The van der Waals surface area contributed by atoms with Crippen LogP contribution >= 0.6 is 0 Å². The van der Waals surface area contributed by atoms with Gasteiger partial charge in [-0.05, 0) is 112 Å². The third-order valence-corrected chi connectivity index (χ3v) is 19.5. The van der Waals surface area contributed by atoms with Gasteiger partial charge < -0.3 is 50.3 Å². The van der Waals surface area contributed by atoms with Crippen LogP contribution in [0, 0.1) is 23.7 Å². The molecule has 1 saturated heterocycles. The number of carbonyl (C=O) groups excluding carboxylic acids is 10. The number of carbonyl (C=O) groups is 10. The van der Waals surface area contributed by atoms with Crippen LogP contribution in [0.25, 0.3) is 0 Å². The molecule has 90 heavy (non-hydrogen) atoms. The molecule has 8 bridgehead atoms. The van der Waals surface area contributed by atoms with Gasteiger partial charge >= 0.3 is 11.9 Å². The van der Waals surface area contributed by atoms with Gasteiger partial charge in [0.05, 0.1) is 0 Å². The molecule has 20 heteroatoms. The molecule has 12 atom stereocenters. The molecule has 0 spiro atoms. The van der Waals surface area contributed by atoms with Crippen LogP contribution in [0.3, 0.4) is 0 Å². The molecule has 0 unspecified atom stereocenters. The summed E-state index contributed by atoms with van der Waals surface area (Å²) in [6, 6.07) is 31.3. The second-order valence-corrected chi connectivity index (χ2v) is 25.4. The third kappa shape index (κ3) is 17.5. The fraction of sp³-hybridized carbons (Fsp3) is 0.514. The van der Waals surface area contributed by atoms with Crippen LogP contribution in [-0.2, 0) is 83.5 Å². The van der Waals surface area contributed by atoms with Crippen molar-refractivity contribution in [3.05, 3.63) is 144 Å². The van der Waals surface area contributed by atoms with E-state index >= 15 is 0 Å². The van der Waals surface area contributed by atoms with E-state index in [4.69, 9.17) is 9.47 Å². The van der Waals surface area contributed by atoms with Gasteiger partial charge in [0, 0.05) is 102 Å². The van der Waals surface area contributed by atoms with Gasteiger partial charge in [-0.25, -0.2) is 0 Å². The summed E-state index contributed by atoms with van der Waals surface area (Å²) >= 11 is 0. The van der Waals surface area contributed by atoms with E-state index in [0.717, 1.165) is 22.3 Å². The number of nitrogens with one attached hydrogen (secondary N) is 4. The molecule has 20 nitrogen and oxygen atoms in total. The van der Waals surface area contributed by atoms with E-state index in [1.807, 2.05) is 121 Å². The molecule has 5 aliphatic rings. The summed E-state index contributed by atoms with van der Waals surface area (Å²) in [5, 5.41) is 12.1. The van der Waals surface area contributed by atoms with Crippen LogP contribution in [0.15, 0.2) is 121 Å². The summed E-state index contributed by atoms with van der Waals surface area (Å²) in [4.78, 5) is 150. The number of hydrogen-bond acceptors (Lipinski definition) is 12.